The van der Waals surface area contributed by atoms with Gasteiger partial charge in [0.2, 0.25) is 0 Å². The molecule has 1 heterocycles. The minimum absolute atomic E-state index is 0.130. The van der Waals surface area contributed by atoms with Crippen molar-refractivity contribution in [2.24, 2.45) is 5.73 Å². The molecule has 4 heteroatoms. The molecule has 0 aromatic carbocycles. The number of nitrogens with zero attached hydrogens (tertiary/aromatic N) is 2. The van der Waals surface area contributed by atoms with Crippen molar-refractivity contribution in [2.75, 3.05) is 6.61 Å². The molecule has 1 aromatic rings. The monoisotopic (exact) mass is 153 g/mol. The zero-order chi connectivity index (χ0) is 8.10. The van der Waals surface area contributed by atoms with E-state index in [1.54, 1.807) is 12.4 Å². The molecule has 0 aliphatic rings. The van der Waals surface area contributed by atoms with E-state index < -0.39 is 0 Å². The molecule has 0 aliphatic carbocycles. The van der Waals surface area contributed by atoms with E-state index in [2.05, 4.69) is 9.97 Å². The van der Waals surface area contributed by atoms with Crippen LogP contribution in [0.1, 0.15) is 11.4 Å². The lowest BCUT2D eigenvalue weighted by atomic mass is 10.2. The summed E-state index contributed by atoms with van der Waals surface area (Å²) in [4.78, 5) is 7.94. The maximum Gasteiger partial charge on any atom is 0.141 e. The molecule has 0 fully saturated rings. The summed E-state index contributed by atoms with van der Waals surface area (Å²) in [6, 6.07) is 0. The smallest absolute Gasteiger partial charge is 0.141 e. The van der Waals surface area contributed by atoms with Crippen molar-refractivity contribution in [3.05, 3.63) is 23.8 Å². The summed E-state index contributed by atoms with van der Waals surface area (Å²) in [5.41, 5.74) is 6.23. The second-order valence-corrected chi connectivity index (χ2v) is 2.19. The lowest BCUT2D eigenvalue weighted by molar-refractivity contribution is 0.299. The number of aliphatic hydroxyl groups excluding tert-OH is 1. The lowest BCUT2D eigenvalue weighted by Crippen LogP contribution is -2.03. The molecule has 1 rings (SSSR count). The third-order valence-corrected chi connectivity index (χ3v) is 1.34. The van der Waals surface area contributed by atoms with E-state index in [-0.39, 0.29) is 6.61 Å². The van der Waals surface area contributed by atoms with E-state index in [0.29, 0.717) is 18.8 Å². The summed E-state index contributed by atoms with van der Waals surface area (Å²) in [5.74, 6) is 0.631. The first-order chi connectivity index (χ1) is 5.36. The highest BCUT2D eigenvalue weighted by Crippen LogP contribution is 1.95. The van der Waals surface area contributed by atoms with Crippen LogP contribution in [0.25, 0.3) is 0 Å². The van der Waals surface area contributed by atoms with Crippen LogP contribution in [0, 0.1) is 0 Å². The third kappa shape index (κ3) is 2.25. The van der Waals surface area contributed by atoms with E-state index in [0.717, 1.165) is 5.56 Å². The molecule has 0 radical (unpaired) electrons. The van der Waals surface area contributed by atoms with Gasteiger partial charge in [-0.05, 0) is 12.0 Å². The summed E-state index contributed by atoms with van der Waals surface area (Å²) in [7, 11) is 0. The predicted octanol–water partition coefficient (Wildman–Crippen LogP) is -0.530. The van der Waals surface area contributed by atoms with Gasteiger partial charge in [-0.25, -0.2) is 9.97 Å². The van der Waals surface area contributed by atoms with E-state index in [1.807, 2.05) is 0 Å². The average molecular weight is 153 g/mol. The van der Waals surface area contributed by atoms with Gasteiger partial charge >= 0.3 is 0 Å². The van der Waals surface area contributed by atoms with Crippen LogP contribution >= 0.6 is 0 Å². The van der Waals surface area contributed by atoms with Gasteiger partial charge in [-0.2, -0.15) is 0 Å². The van der Waals surface area contributed by atoms with Gasteiger partial charge in [0.15, 0.2) is 0 Å². The summed E-state index contributed by atoms with van der Waals surface area (Å²) in [6.07, 6.45) is 3.97. The van der Waals surface area contributed by atoms with Crippen molar-refractivity contribution in [3.8, 4) is 0 Å². The quantitative estimate of drug-likeness (QED) is 0.612. The fraction of sp³-hybridized carbons (Fsp3) is 0.429. The molecule has 3 N–H and O–H groups in total. The van der Waals surface area contributed by atoms with E-state index in [4.69, 9.17) is 10.8 Å². The lowest BCUT2D eigenvalue weighted by Gasteiger charge is -1.97. The number of aromatic nitrogens is 2. The molecule has 0 unspecified atom stereocenters. The van der Waals surface area contributed by atoms with E-state index >= 15 is 0 Å². The first kappa shape index (κ1) is 8.10. The highest BCUT2D eigenvalue weighted by Gasteiger charge is 1.93. The topological polar surface area (TPSA) is 72.0 Å². The Morgan fingerprint density at radius 2 is 2.00 bits per heavy atom. The predicted molar refractivity (Wildman–Crippen MR) is 40.7 cm³/mol. The first-order valence-electron chi connectivity index (χ1n) is 3.47. The van der Waals surface area contributed by atoms with Gasteiger partial charge in [0.1, 0.15) is 5.82 Å². The van der Waals surface area contributed by atoms with Crippen LogP contribution in [-0.2, 0) is 13.0 Å². The fourth-order valence-corrected chi connectivity index (χ4v) is 0.745. The molecule has 1 aromatic heterocycles. The Labute approximate surface area is 65.1 Å². The zero-order valence-electron chi connectivity index (χ0n) is 6.20. The normalized spacial score (nSPS) is 10.0. The summed E-state index contributed by atoms with van der Waals surface area (Å²) < 4.78 is 0. The Kier molecular flexibility index (Phi) is 2.95. The third-order valence-electron chi connectivity index (χ3n) is 1.34. The number of hydrogen-bond donors (Lipinski definition) is 2. The highest BCUT2D eigenvalue weighted by atomic mass is 16.2. The van der Waals surface area contributed by atoms with Crippen LogP contribution in [0.4, 0.5) is 0 Å². The van der Waals surface area contributed by atoms with Crippen LogP contribution in [0.15, 0.2) is 12.4 Å². The van der Waals surface area contributed by atoms with Crippen molar-refractivity contribution < 1.29 is 5.11 Å². The number of hydrogen-bond acceptors (Lipinski definition) is 4. The molecule has 0 aliphatic heterocycles. The van der Waals surface area contributed by atoms with Crippen LogP contribution in [0.2, 0.25) is 0 Å². The Bertz CT molecular complexity index is 209. The van der Waals surface area contributed by atoms with Gasteiger partial charge < -0.3 is 10.8 Å². The number of aliphatic hydroxyl groups is 1. The van der Waals surface area contributed by atoms with Crippen molar-refractivity contribution in [3.63, 3.8) is 0 Å². The molecule has 0 bridgehead atoms. The Hall–Kier alpha value is -1.00. The van der Waals surface area contributed by atoms with Crippen molar-refractivity contribution >= 4 is 0 Å². The molecular formula is C7H11N3O. The van der Waals surface area contributed by atoms with Crippen LogP contribution in [-0.4, -0.2) is 21.7 Å². The van der Waals surface area contributed by atoms with Crippen LogP contribution in [0.3, 0.4) is 0 Å². The van der Waals surface area contributed by atoms with Crippen LogP contribution in [0.5, 0.6) is 0 Å². The molecule has 0 saturated heterocycles. The Morgan fingerprint density at radius 1 is 1.36 bits per heavy atom. The van der Waals surface area contributed by atoms with Gasteiger partial charge in [-0.3, -0.25) is 0 Å². The maximum atomic E-state index is 8.57. The molecule has 0 spiro atoms. The standard InChI is InChI=1S/C7H11N3O/c8-3-7-9-4-6(1-2-11)5-10-7/h4-5,11H,1-3,8H2. The molecule has 0 saturated carbocycles. The van der Waals surface area contributed by atoms with Crippen molar-refractivity contribution in [2.45, 2.75) is 13.0 Å². The van der Waals surface area contributed by atoms with E-state index in [1.165, 1.54) is 0 Å². The summed E-state index contributed by atoms with van der Waals surface area (Å²) in [5, 5.41) is 8.57. The molecular weight excluding hydrogens is 142 g/mol. The summed E-state index contributed by atoms with van der Waals surface area (Å²) in [6.45, 7) is 0.491. The number of rotatable bonds is 3. The SMILES string of the molecule is NCc1ncc(CCO)cn1. The number of nitrogens with two attached hydrogens (primary N) is 1. The molecule has 11 heavy (non-hydrogen) atoms. The highest BCUT2D eigenvalue weighted by molar-refractivity contribution is 5.05. The second-order valence-electron chi connectivity index (χ2n) is 2.19. The molecule has 60 valence electrons. The van der Waals surface area contributed by atoms with Crippen LogP contribution < -0.4 is 5.73 Å². The average Bonchev–Trinajstić information content (AvgIpc) is 2.07. The van der Waals surface area contributed by atoms with E-state index in [9.17, 15) is 0 Å². The minimum atomic E-state index is 0.130. The zero-order valence-corrected chi connectivity index (χ0v) is 6.20. The Morgan fingerprint density at radius 3 is 2.45 bits per heavy atom. The van der Waals surface area contributed by atoms with Gasteiger partial charge in [-0.1, -0.05) is 0 Å². The first-order valence-corrected chi connectivity index (χ1v) is 3.47. The Balaban J connectivity index is 2.66. The van der Waals surface area contributed by atoms with Gasteiger partial charge in [0, 0.05) is 19.0 Å². The summed E-state index contributed by atoms with van der Waals surface area (Å²) >= 11 is 0. The van der Waals surface area contributed by atoms with Gasteiger partial charge in [0.05, 0.1) is 6.54 Å². The maximum absolute atomic E-state index is 8.57. The minimum Gasteiger partial charge on any atom is -0.396 e. The fourth-order valence-electron chi connectivity index (χ4n) is 0.745. The molecule has 0 amide bonds. The second kappa shape index (κ2) is 4.00. The largest absolute Gasteiger partial charge is 0.396 e. The van der Waals surface area contributed by atoms with Gasteiger partial charge in [0.25, 0.3) is 0 Å². The van der Waals surface area contributed by atoms with Crippen molar-refractivity contribution in [1.29, 1.82) is 0 Å². The van der Waals surface area contributed by atoms with Gasteiger partial charge in [-0.15, -0.1) is 0 Å². The molecule has 4 nitrogen and oxygen atoms in total. The molecule has 0 atom stereocenters. The van der Waals surface area contributed by atoms with Crippen molar-refractivity contribution in [1.82, 2.24) is 9.97 Å².